The number of hydrogen-bond donors (Lipinski definition) is 3. The molecule has 2 aliphatic heterocycles. The molecule has 0 saturated carbocycles. The second-order valence-corrected chi connectivity index (χ2v) is 11.6. The van der Waals surface area contributed by atoms with E-state index in [2.05, 4.69) is 20.5 Å². The number of pyridine rings is 1. The SMILES string of the molecule is CCNC(=O)c1ccc(CN2CC[C@](O)(c3ccc4ncc(C5CCC(=O)NC5=O)cc4c3F)C(C)(C)C2)cc1F. The minimum Gasteiger partial charge on any atom is -0.384 e. The number of fused-ring (bicyclic) bond motifs is 1. The van der Waals surface area contributed by atoms with Crippen molar-refractivity contribution in [3.05, 3.63) is 76.5 Å². The smallest absolute Gasteiger partial charge is 0.254 e. The predicted molar refractivity (Wildman–Crippen MR) is 149 cm³/mol. The first-order valence-electron chi connectivity index (χ1n) is 13.9. The average Bonchev–Trinajstić information content (AvgIpc) is 2.91. The number of amides is 3. The van der Waals surface area contributed by atoms with E-state index in [4.69, 9.17) is 0 Å². The summed E-state index contributed by atoms with van der Waals surface area (Å²) in [5.41, 5.74) is -0.515. The Morgan fingerprint density at radius 3 is 2.66 bits per heavy atom. The van der Waals surface area contributed by atoms with Gasteiger partial charge in [0.15, 0.2) is 0 Å². The summed E-state index contributed by atoms with van der Waals surface area (Å²) in [4.78, 5) is 42.4. The number of aliphatic hydroxyl groups is 1. The first-order valence-corrected chi connectivity index (χ1v) is 13.9. The number of carbonyl (C=O) groups is 3. The number of likely N-dealkylation sites (tertiary alicyclic amines) is 1. The quantitative estimate of drug-likeness (QED) is 0.392. The first kappa shape index (κ1) is 28.8. The van der Waals surface area contributed by atoms with Gasteiger partial charge in [0.25, 0.3) is 5.91 Å². The van der Waals surface area contributed by atoms with E-state index in [1.165, 1.54) is 18.3 Å². The van der Waals surface area contributed by atoms with Gasteiger partial charge in [0, 0.05) is 55.2 Å². The van der Waals surface area contributed by atoms with Crippen molar-refractivity contribution in [2.75, 3.05) is 19.6 Å². The van der Waals surface area contributed by atoms with Crippen LogP contribution in [0, 0.1) is 17.0 Å². The summed E-state index contributed by atoms with van der Waals surface area (Å²) in [7, 11) is 0. The van der Waals surface area contributed by atoms with Gasteiger partial charge in [0.2, 0.25) is 11.8 Å². The van der Waals surface area contributed by atoms with E-state index in [0.29, 0.717) is 49.2 Å². The molecule has 2 atom stereocenters. The van der Waals surface area contributed by atoms with Crippen molar-refractivity contribution in [2.24, 2.45) is 5.41 Å². The maximum atomic E-state index is 16.2. The molecule has 3 aromatic rings. The Bertz CT molecular complexity index is 1540. The monoisotopic (exact) mass is 564 g/mol. The van der Waals surface area contributed by atoms with Crippen LogP contribution in [0.5, 0.6) is 0 Å². The third-order valence-electron chi connectivity index (χ3n) is 8.46. The van der Waals surface area contributed by atoms with Gasteiger partial charge in [-0.05, 0) is 55.2 Å². The van der Waals surface area contributed by atoms with Crippen molar-refractivity contribution in [1.29, 1.82) is 0 Å². The fourth-order valence-corrected chi connectivity index (χ4v) is 6.12. The molecular formula is C31H34F2N4O4. The molecule has 0 radical (unpaired) electrons. The summed E-state index contributed by atoms with van der Waals surface area (Å²) in [6.45, 7) is 7.18. The van der Waals surface area contributed by atoms with Crippen molar-refractivity contribution in [2.45, 2.75) is 58.1 Å². The van der Waals surface area contributed by atoms with E-state index >= 15 is 4.39 Å². The van der Waals surface area contributed by atoms with Crippen molar-refractivity contribution < 1.29 is 28.3 Å². The number of rotatable bonds is 6. The molecule has 3 amide bonds. The second-order valence-electron chi connectivity index (χ2n) is 11.6. The van der Waals surface area contributed by atoms with Crippen LogP contribution in [0.3, 0.4) is 0 Å². The fourth-order valence-electron chi connectivity index (χ4n) is 6.12. The van der Waals surface area contributed by atoms with Crippen LogP contribution >= 0.6 is 0 Å². The zero-order valence-corrected chi connectivity index (χ0v) is 23.4. The molecule has 8 nitrogen and oxygen atoms in total. The molecule has 0 bridgehead atoms. The van der Waals surface area contributed by atoms with Gasteiger partial charge in [-0.25, -0.2) is 8.78 Å². The maximum absolute atomic E-state index is 16.2. The van der Waals surface area contributed by atoms with Gasteiger partial charge in [0.05, 0.1) is 22.6 Å². The summed E-state index contributed by atoms with van der Waals surface area (Å²) in [5.74, 6) is -3.00. The van der Waals surface area contributed by atoms with E-state index in [-0.39, 0.29) is 35.3 Å². The Balaban J connectivity index is 1.38. The largest absolute Gasteiger partial charge is 0.384 e. The third-order valence-corrected chi connectivity index (χ3v) is 8.46. The van der Waals surface area contributed by atoms with E-state index in [1.807, 2.05) is 13.8 Å². The zero-order valence-electron chi connectivity index (χ0n) is 23.4. The van der Waals surface area contributed by atoms with E-state index < -0.39 is 40.4 Å². The van der Waals surface area contributed by atoms with Gasteiger partial charge in [-0.1, -0.05) is 26.0 Å². The molecular weight excluding hydrogens is 530 g/mol. The molecule has 2 aliphatic rings. The molecule has 0 aliphatic carbocycles. The molecule has 5 rings (SSSR count). The lowest BCUT2D eigenvalue weighted by molar-refractivity contribution is -0.134. The second kappa shape index (κ2) is 10.9. The molecule has 10 heteroatoms. The number of nitrogens with one attached hydrogen (secondary N) is 2. The van der Waals surface area contributed by atoms with Crippen LogP contribution in [0.25, 0.3) is 10.9 Å². The molecule has 1 unspecified atom stereocenters. The molecule has 2 saturated heterocycles. The number of aromatic nitrogens is 1. The number of benzene rings is 2. The highest BCUT2D eigenvalue weighted by Crippen LogP contribution is 2.48. The Labute approximate surface area is 237 Å². The Hall–Kier alpha value is -3.76. The van der Waals surface area contributed by atoms with Crippen LogP contribution < -0.4 is 10.6 Å². The Kier molecular flexibility index (Phi) is 7.65. The highest BCUT2D eigenvalue weighted by Gasteiger charge is 2.50. The third kappa shape index (κ3) is 5.34. The number of piperidine rings is 2. The molecule has 0 spiro atoms. The van der Waals surface area contributed by atoms with Crippen molar-refractivity contribution in [3.8, 4) is 0 Å². The number of halogens is 2. The Morgan fingerprint density at radius 1 is 1.20 bits per heavy atom. The molecule has 3 N–H and O–H groups in total. The highest BCUT2D eigenvalue weighted by atomic mass is 19.1. The number of hydrogen-bond acceptors (Lipinski definition) is 6. The summed E-state index contributed by atoms with van der Waals surface area (Å²) in [6.07, 6.45) is 2.29. The molecule has 1 aromatic heterocycles. The summed E-state index contributed by atoms with van der Waals surface area (Å²) in [6, 6.07) is 9.38. The lowest BCUT2D eigenvalue weighted by Gasteiger charge is -2.50. The van der Waals surface area contributed by atoms with Gasteiger partial charge in [-0.15, -0.1) is 0 Å². The molecule has 2 fully saturated rings. The molecule has 216 valence electrons. The number of nitrogens with zero attached hydrogens (tertiary/aromatic N) is 2. The van der Waals surface area contributed by atoms with Crippen molar-refractivity contribution in [1.82, 2.24) is 20.5 Å². The maximum Gasteiger partial charge on any atom is 0.254 e. The van der Waals surface area contributed by atoms with Crippen LogP contribution in [-0.4, -0.2) is 52.3 Å². The lowest BCUT2D eigenvalue weighted by Crippen LogP contribution is -2.55. The van der Waals surface area contributed by atoms with Crippen LogP contribution in [-0.2, 0) is 21.7 Å². The van der Waals surface area contributed by atoms with Gasteiger partial charge < -0.3 is 10.4 Å². The van der Waals surface area contributed by atoms with Crippen molar-refractivity contribution in [3.63, 3.8) is 0 Å². The molecule has 3 heterocycles. The molecule has 2 aromatic carbocycles. The van der Waals surface area contributed by atoms with Gasteiger partial charge in [0.1, 0.15) is 11.6 Å². The van der Waals surface area contributed by atoms with Crippen LogP contribution in [0.4, 0.5) is 8.78 Å². The summed E-state index contributed by atoms with van der Waals surface area (Å²) < 4.78 is 30.8. The fraction of sp³-hybridized carbons (Fsp3) is 0.419. The predicted octanol–water partition coefficient (Wildman–Crippen LogP) is 3.90. The van der Waals surface area contributed by atoms with Crippen LogP contribution in [0.15, 0.2) is 42.6 Å². The van der Waals surface area contributed by atoms with Crippen LogP contribution in [0.1, 0.15) is 73.0 Å². The Morgan fingerprint density at radius 2 is 1.98 bits per heavy atom. The zero-order chi connectivity index (χ0) is 29.5. The van der Waals surface area contributed by atoms with E-state index in [9.17, 15) is 23.9 Å². The van der Waals surface area contributed by atoms with Crippen LogP contribution in [0.2, 0.25) is 0 Å². The average molecular weight is 565 g/mol. The highest BCUT2D eigenvalue weighted by molar-refractivity contribution is 6.01. The number of imide groups is 1. The normalized spacial score (nSPS) is 22.9. The minimum absolute atomic E-state index is 0.00835. The van der Waals surface area contributed by atoms with Gasteiger partial charge in [-0.3, -0.25) is 29.6 Å². The van der Waals surface area contributed by atoms with E-state index in [1.54, 1.807) is 31.2 Å². The topological polar surface area (TPSA) is 112 Å². The lowest BCUT2D eigenvalue weighted by atomic mass is 9.66. The number of carbonyl (C=O) groups excluding carboxylic acids is 3. The standard InChI is InChI=1S/C31H34F2N4O4/c1-4-34-28(39)21-6-5-18(13-24(21)32)16-37-12-11-31(41,30(2,3)17-37)23-8-9-25-22(27(23)33)14-19(15-35-25)20-7-10-26(38)36-29(20)40/h5-6,8-9,13-15,20,41H,4,7,10-12,16-17H2,1-3H3,(H,34,39)(H,36,38,40)/t20?,31-/m0/s1. The molecule has 41 heavy (non-hydrogen) atoms. The summed E-state index contributed by atoms with van der Waals surface area (Å²) in [5, 5.41) is 17.1. The van der Waals surface area contributed by atoms with E-state index in [0.717, 1.165) is 0 Å². The van der Waals surface area contributed by atoms with Crippen molar-refractivity contribution >= 4 is 28.6 Å². The first-order chi connectivity index (χ1) is 19.4. The summed E-state index contributed by atoms with van der Waals surface area (Å²) >= 11 is 0. The van der Waals surface area contributed by atoms with Gasteiger partial charge >= 0.3 is 0 Å². The van der Waals surface area contributed by atoms with Gasteiger partial charge in [-0.2, -0.15) is 0 Å². The minimum atomic E-state index is -1.50.